The number of rotatable bonds is 10. The first-order valence-electron chi connectivity index (χ1n) is 16.7. The van der Waals surface area contributed by atoms with Crippen molar-refractivity contribution in [3.05, 3.63) is 51.8 Å². The summed E-state index contributed by atoms with van der Waals surface area (Å²) >= 11 is 0.854. The van der Waals surface area contributed by atoms with Gasteiger partial charge in [0.15, 0.2) is 8.46 Å². The molecule has 50 heavy (non-hydrogen) atoms. The number of aromatic nitrogens is 3. The number of nitrogens with zero attached hydrogens (tertiary/aromatic N) is 6. The van der Waals surface area contributed by atoms with Gasteiger partial charge in [0.1, 0.15) is 28.7 Å². The molecule has 6 rings (SSSR count). The van der Waals surface area contributed by atoms with E-state index in [2.05, 4.69) is 60.1 Å². The summed E-state index contributed by atoms with van der Waals surface area (Å²) in [7, 11) is 0.167. The van der Waals surface area contributed by atoms with Crippen LogP contribution in [0.4, 0.5) is 19.0 Å². The summed E-state index contributed by atoms with van der Waals surface area (Å²) in [5, 5.41) is 18.1. The van der Waals surface area contributed by atoms with Gasteiger partial charge in [-0.3, -0.25) is 14.4 Å². The van der Waals surface area contributed by atoms with Crippen LogP contribution < -0.4 is 10.6 Å². The number of thiophene rings is 1. The van der Waals surface area contributed by atoms with E-state index in [9.17, 15) is 23.2 Å². The molecule has 2 fully saturated rings. The first-order chi connectivity index (χ1) is 24.1. The number of nitriles is 1. The Morgan fingerprint density at radius 3 is 2.54 bits per heavy atom. The number of esters is 1. The molecule has 0 amide bonds. The van der Waals surface area contributed by atoms with Crippen molar-refractivity contribution < 1.29 is 27.3 Å². The Morgan fingerprint density at radius 1 is 1.16 bits per heavy atom. The van der Waals surface area contributed by atoms with Crippen LogP contribution >= 0.6 is 19.8 Å². The molecule has 2 aliphatic heterocycles. The normalized spacial score (nSPS) is 16.3. The highest BCUT2D eigenvalue weighted by Crippen LogP contribution is 2.38. The largest absolute Gasteiger partial charge is 0.462 e. The van der Waals surface area contributed by atoms with Gasteiger partial charge in [0.05, 0.1) is 24.0 Å². The summed E-state index contributed by atoms with van der Waals surface area (Å²) in [6.07, 6.45) is -2.81. The van der Waals surface area contributed by atoms with Crippen molar-refractivity contribution >= 4 is 52.7 Å². The van der Waals surface area contributed by atoms with Gasteiger partial charge in [0.2, 0.25) is 0 Å². The highest BCUT2D eigenvalue weighted by atomic mass is 32.1. The van der Waals surface area contributed by atoms with Gasteiger partial charge in [-0.15, -0.1) is 11.3 Å². The highest BCUT2D eigenvalue weighted by Gasteiger charge is 2.34. The number of aryl methyl sites for hydroxylation is 1. The molecule has 0 radical (unpaired) electrons. The van der Waals surface area contributed by atoms with Crippen LogP contribution in [0.15, 0.2) is 24.5 Å². The van der Waals surface area contributed by atoms with E-state index < -0.39 is 18.6 Å². The molecule has 2 saturated heterocycles. The van der Waals surface area contributed by atoms with E-state index >= 15 is 0 Å². The number of benzene rings is 1. The minimum absolute atomic E-state index is 0.0249. The maximum Gasteiger partial charge on any atom is 0.393 e. The first kappa shape index (κ1) is 37.6. The topological polar surface area (TPSA) is 128 Å². The number of piperidine rings is 1. The quantitative estimate of drug-likeness (QED) is 0.148. The van der Waals surface area contributed by atoms with Gasteiger partial charge in [-0.1, -0.05) is 6.07 Å². The number of carbonyl (C=O) groups excluding carboxylic acids is 1. The van der Waals surface area contributed by atoms with Gasteiger partial charge in [-0.05, 0) is 49.9 Å². The van der Waals surface area contributed by atoms with Gasteiger partial charge in [0, 0.05) is 87.4 Å². The summed E-state index contributed by atoms with van der Waals surface area (Å²) < 4.78 is 56.3. The fourth-order valence-electron chi connectivity index (χ4n) is 6.69. The van der Waals surface area contributed by atoms with Crippen LogP contribution in [0.5, 0.6) is 0 Å². The molecule has 16 heteroatoms. The lowest BCUT2D eigenvalue weighted by atomic mass is 10.0. The zero-order chi connectivity index (χ0) is 35.8. The maximum absolute atomic E-state index is 13.4. The van der Waals surface area contributed by atoms with Crippen LogP contribution in [0.1, 0.15) is 51.8 Å². The van der Waals surface area contributed by atoms with Crippen LogP contribution in [-0.4, -0.2) is 102 Å². The summed E-state index contributed by atoms with van der Waals surface area (Å²) in [6, 6.07) is 8.75. The van der Waals surface area contributed by atoms with Gasteiger partial charge in [-0.2, -0.15) is 18.4 Å². The molecule has 2 aliphatic rings. The van der Waals surface area contributed by atoms with Gasteiger partial charge in [-0.25, -0.2) is 14.8 Å². The lowest BCUT2D eigenvalue weighted by Crippen LogP contribution is -2.44. The van der Waals surface area contributed by atoms with Crippen molar-refractivity contribution in [3.63, 3.8) is 0 Å². The minimum atomic E-state index is -4.48. The molecule has 0 saturated carbocycles. The number of nitrogens with one attached hydrogen (secondary N) is 2. The third-order valence-electron chi connectivity index (χ3n) is 9.15. The Bertz CT molecular complexity index is 1840. The van der Waals surface area contributed by atoms with Gasteiger partial charge in [0.25, 0.3) is 0 Å². The number of alkyl halides is 3. The second-order valence-corrected chi connectivity index (χ2v) is 13.8. The Morgan fingerprint density at radius 2 is 1.88 bits per heavy atom. The second kappa shape index (κ2) is 17.0. The smallest absolute Gasteiger partial charge is 0.393 e. The molecule has 0 aliphatic carbocycles. The fourth-order valence-corrected chi connectivity index (χ4v) is 7.84. The Labute approximate surface area is 295 Å². The van der Waals surface area contributed by atoms with E-state index in [1.165, 1.54) is 17.5 Å². The molecule has 268 valence electrons. The molecule has 5 heterocycles. The molecule has 0 bridgehead atoms. The Kier molecular flexibility index (Phi) is 12.8. The van der Waals surface area contributed by atoms with E-state index in [0.29, 0.717) is 16.3 Å². The van der Waals surface area contributed by atoms with E-state index in [0.717, 1.165) is 94.0 Å². The lowest BCUT2D eigenvalue weighted by molar-refractivity contribution is -0.126. The van der Waals surface area contributed by atoms with E-state index in [1.807, 2.05) is 6.07 Å². The zero-order valence-electron chi connectivity index (χ0n) is 28.5. The summed E-state index contributed by atoms with van der Waals surface area (Å²) in [4.78, 5) is 26.4. The summed E-state index contributed by atoms with van der Waals surface area (Å²) in [5.41, 5.74) is 4.07. The lowest BCUT2D eigenvalue weighted by Gasteiger charge is -2.33. The van der Waals surface area contributed by atoms with E-state index in [-0.39, 0.29) is 36.9 Å². The van der Waals surface area contributed by atoms with Crippen molar-refractivity contribution in [2.45, 2.75) is 58.4 Å². The van der Waals surface area contributed by atoms with Crippen LogP contribution in [-0.2, 0) is 28.8 Å². The molecule has 0 unspecified atom stereocenters. The third-order valence-corrected chi connectivity index (χ3v) is 10.3. The first-order valence-corrected chi connectivity index (χ1v) is 18.8. The van der Waals surface area contributed by atoms with Crippen LogP contribution in [0, 0.1) is 18.3 Å². The number of carbonyl (C=O) groups is 1. The monoisotopic (exact) mass is 730 g/mol. The molecular weight excluding hydrogens is 688 g/mol. The number of hydrogen-bond donors (Lipinski definition) is 2. The number of ether oxygens (including phenoxy) is 1. The number of piperazine rings is 1. The van der Waals surface area contributed by atoms with Crippen molar-refractivity contribution in [3.8, 4) is 6.07 Å². The summed E-state index contributed by atoms with van der Waals surface area (Å²) in [6.45, 7) is 13.5. The molecule has 2 N–H and O–H groups in total. The minimum Gasteiger partial charge on any atom is -0.462 e. The number of hydrogen-bond acceptors (Lipinski definition) is 11. The SMILES string of the molecule is CCOC(=O)c1c(CC(F)(F)F)sc2ncnc(NC3CCN(Cc4ccc5c(cc(C#N)n5CCN5CCNCC5)c4C)CC3)c12.CP=O. The summed E-state index contributed by atoms with van der Waals surface area (Å²) in [5.74, 6) is -0.438. The number of halogens is 3. The Hall–Kier alpha value is -3.67. The molecule has 3 aromatic heterocycles. The van der Waals surface area contributed by atoms with Crippen LogP contribution in [0.3, 0.4) is 0 Å². The van der Waals surface area contributed by atoms with E-state index in [4.69, 9.17) is 9.30 Å². The second-order valence-electron chi connectivity index (χ2n) is 12.4. The maximum atomic E-state index is 13.4. The average molecular weight is 731 g/mol. The van der Waals surface area contributed by atoms with Crippen molar-refractivity contribution in [1.29, 1.82) is 5.26 Å². The zero-order valence-corrected chi connectivity index (χ0v) is 30.2. The van der Waals surface area contributed by atoms with Crippen molar-refractivity contribution in [1.82, 2.24) is 29.7 Å². The van der Waals surface area contributed by atoms with E-state index in [1.54, 1.807) is 13.6 Å². The predicted molar refractivity (Wildman–Crippen MR) is 189 cm³/mol. The van der Waals surface area contributed by atoms with Crippen molar-refractivity contribution in [2.75, 3.05) is 64.4 Å². The molecule has 11 nitrogen and oxygen atoms in total. The number of likely N-dealkylation sites (tertiary alicyclic amines) is 1. The molecule has 0 spiro atoms. The van der Waals surface area contributed by atoms with Crippen molar-refractivity contribution in [2.24, 2.45) is 0 Å². The van der Waals surface area contributed by atoms with Crippen LogP contribution in [0.2, 0.25) is 0 Å². The molecule has 4 aromatic rings. The average Bonchev–Trinajstić information content (AvgIpc) is 3.64. The van der Waals surface area contributed by atoms with Gasteiger partial charge >= 0.3 is 12.1 Å². The molecule has 0 atom stereocenters. The molecule has 1 aromatic carbocycles. The van der Waals surface area contributed by atoms with Crippen LogP contribution in [0.25, 0.3) is 21.1 Å². The number of fused-ring (bicyclic) bond motifs is 2. The predicted octanol–water partition coefficient (Wildman–Crippen LogP) is 6.00. The third kappa shape index (κ3) is 8.97. The number of anilines is 1. The Balaban J connectivity index is 0.00000156. The van der Waals surface area contributed by atoms with Gasteiger partial charge < -0.3 is 19.9 Å². The fraction of sp³-hybridized carbons (Fsp3) is 0.529. The molecular formula is C34H42F3N8O3PS. The standard InChI is InChI=1S/C33H39F3N8O2S.CH3OP/c1-3-46-32(45)28-27(17-33(34,35)36)47-31-29(28)30(39-20-40-31)41-23-6-10-43(11-7-23)19-22-4-5-26-25(21(22)2)16-24(18-37)44(26)15-14-42-12-8-38-9-13-42;1-3-2/h4-5,16,20,23,38H,3,6-15,17,19H2,1-2H3,(H,39,40,41);1H3. The highest BCUT2D eigenvalue weighted by molar-refractivity contribution is 7.22.